The standard InChI is InChI=1S/C28H29FN4O5S/c1-4-36-24-13-11-23(12-14-24)33-19(3)30-31-28(33)39-27(17-32(34)35)21-8-15-25(26(16-21)37-5-2)38-18-20-6-9-22(29)10-7-20/h6-16,27H,4-5,17-18H2,1-3H3/t27-/m1/s1. The summed E-state index contributed by atoms with van der Waals surface area (Å²) >= 11 is 1.26. The van der Waals surface area contributed by atoms with Crippen LogP contribution >= 0.6 is 11.8 Å². The molecule has 0 fully saturated rings. The van der Waals surface area contributed by atoms with Crippen LogP contribution in [-0.4, -0.2) is 39.4 Å². The van der Waals surface area contributed by atoms with Crippen molar-refractivity contribution in [3.05, 3.63) is 99.6 Å². The maximum Gasteiger partial charge on any atom is 0.220 e. The predicted octanol–water partition coefficient (Wildman–Crippen LogP) is 6.20. The van der Waals surface area contributed by atoms with Gasteiger partial charge < -0.3 is 14.2 Å². The van der Waals surface area contributed by atoms with Gasteiger partial charge in [0.25, 0.3) is 0 Å². The highest BCUT2D eigenvalue weighted by Gasteiger charge is 2.25. The van der Waals surface area contributed by atoms with Crippen LogP contribution in [0.3, 0.4) is 0 Å². The van der Waals surface area contributed by atoms with Crippen LogP contribution in [0.25, 0.3) is 5.69 Å². The Bertz CT molecular complexity index is 1400. The Morgan fingerprint density at radius 3 is 2.33 bits per heavy atom. The average Bonchev–Trinajstić information content (AvgIpc) is 3.28. The summed E-state index contributed by atoms with van der Waals surface area (Å²) in [7, 11) is 0. The topological polar surface area (TPSA) is 102 Å². The van der Waals surface area contributed by atoms with E-state index in [4.69, 9.17) is 14.2 Å². The molecule has 0 amide bonds. The molecule has 1 atom stereocenters. The summed E-state index contributed by atoms with van der Waals surface area (Å²) in [6, 6.07) is 18.8. The van der Waals surface area contributed by atoms with E-state index in [0.29, 0.717) is 41.3 Å². The van der Waals surface area contributed by atoms with E-state index >= 15 is 0 Å². The van der Waals surface area contributed by atoms with E-state index in [-0.39, 0.29) is 23.9 Å². The van der Waals surface area contributed by atoms with Gasteiger partial charge in [-0.25, -0.2) is 4.39 Å². The molecule has 3 aromatic carbocycles. The van der Waals surface area contributed by atoms with Crippen molar-refractivity contribution >= 4 is 11.8 Å². The van der Waals surface area contributed by atoms with Gasteiger partial charge in [0.1, 0.15) is 29.2 Å². The largest absolute Gasteiger partial charge is 0.494 e. The van der Waals surface area contributed by atoms with Gasteiger partial charge in [-0.3, -0.25) is 14.7 Å². The SMILES string of the molecule is CCOc1ccc(-n2c(C)nnc2S[C@H](C[N+](=O)[O-])c2ccc(OCc3ccc(F)cc3)c(OCC)c2)cc1. The van der Waals surface area contributed by atoms with Gasteiger partial charge in [-0.15, -0.1) is 10.2 Å². The minimum Gasteiger partial charge on any atom is -0.494 e. The number of halogens is 1. The average molecular weight is 553 g/mol. The Labute approximate surface area is 230 Å². The summed E-state index contributed by atoms with van der Waals surface area (Å²) in [4.78, 5) is 11.3. The minimum atomic E-state index is -0.574. The molecule has 9 nitrogen and oxygen atoms in total. The lowest BCUT2D eigenvalue weighted by atomic mass is 10.1. The molecule has 0 unspecified atom stereocenters. The third-order valence-electron chi connectivity index (χ3n) is 5.71. The Balaban J connectivity index is 1.60. The number of thioether (sulfide) groups is 1. The van der Waals surface area contributed by atoms with Crippen LogP contribution in [0.4, 0.5) is 4.39 Å². The van der Waals surface area contributed by atoms with Gasteiger partial charge in [-0.05, 0) is 80.4 Å². The highest BCUT2D eigenvalue weighted by atomic mass is 32.2. The van der Waals surface area contributed by atoms with Gasteiger partial charge in [0, 0.05) is 10.6 Å². The zero-order valence-electron chi connectivity index (χ0n) is 21.9. The molecule has 0 N–H and O–H groups in total. The van der Waals surface area contributed by atoms with E-state index in [1.165, 1.54) is 23.9 Å². The number of hydrogen-bond donors (Lipinski definition) is 0. The van der Waals surface area contributed by atoms with Gasteiger partial charge in [0.15, 0.2) is 16.7 Å². The highest BCUT2D eigenvalue weighted by molar-refractivity contribution is 7.99. The number of hydrogen-bond acceptors (Lipinski definition) is 8. The van der Waals surface area contributed by atoms with Crippen molar-refractivity contribution in [3.63, 3.8) is 0 Å². The summed E-state index contributed by atoms with van der Waals surface area (Å²) in [5, 5.41) is 20.1. The maximum atomic E-state index is 13.2. The van der Waals surface area contributed by atoms with Crippen molar-refractivity contribution in [3.8, 4) is 22.9 Å². The van der Waals surface area contributed by atoms with Gasteiger partial charge in [0.2, 0.25) is 6.54 Å². The molecular weight excluding hydrogens is 523 g/mol. The van der Waals surface area contributed by atoms with E-state index < -0.39 is 5.25 Å². The third kappa shape index (κ3) is 7.26. The number of benzene rings is 3. The first-order valence-electron chi connectivity index (χ1n) is 12.5. The Hall–Kier alpha value is -4.12. The van der Waals surface area contributed by atoms with Crippen molar-refractivity contribution in [2.75, 3.05) is 19.8 Å². The molecule has 1 aromatic heterocycles. The number of aryl methyl sites for hydroxylation is 1. The number of rotatable bonds is 13. The molecule has 39 heavy (non-hydrogen) atoms. The van der Waals surface area contributed by atoms with Crippen LogP contribution < -0.4 is 14.2 Å². The molecule has 0 saturated heterocycles. The zero-order valence-corrected chi connectivity index (χ0v) is 22.7. The number of nitrogens with zero attached hydrogens (tertiary/aromatic N) is 4. The van der Waals surface area contributed by atoms with E-state index in [1.54, 1.807) is 30.3 Å². The number of nitro groups is 1. The first kappa shape index (κ1) is 27.9. The Morgan fingerprint density at radius 1 is 0.949 bits per heavy atom. The van der Waals surface area contributed by atoms with Crippen LogP contribution in [0.2, 0.25) is 0 Å². The summed E-state index contributed by atoms with van der Waals surface area (Å²) < 4.78 is 32.4. The van der Waals surface area contributed by atoms with E-state index in [0.717, 1.165) is 17.0 Å². The van der Waals surface area contributed by atoms with Gasteiger partial charge in [0.05, 0.1) is 13.2 Å². The maximum absolute atomic E-state index is 13.2. The molecule has 4 aromatic rings. The van der Waals surface area contributed by atoms with Gasteiger partial charge >= 0.3 is 0 Å². The summed E-state index contributed by atoms with van der Waals surface area (Å²) in [6.07, 6.45) is 0. The quantitative estimate of drug-likeness (QED) is 0.110. The molecule has 0 saturated carbocycles. The second kappa shape index (κ2) is 13.1. The van der Waals surface area contributed by atoms with Crippen molar-refractivity contribution in [1.29, 1.82) is 0 Å². The normalized spacial score (nSPS) is 11.7. The Morgan fingerprint density at radius 2 is 1.67 bits per heavy atom. The van der Waals surface area contributed by atoms with E-state index in [9.17, 15) is 14.5 Å². The van der Waals surface area contributed by atoms with Gasteiger partial charge in [-0.1, -0.05) is 30.0 Å². The Kier molecular flexibility index (Phi) is 9.37. The summed E-state index contributed by atoms with van der Waals surface area (Å²) in [6.45, 7) is 6.43. The van der Waals surface area contributed by atoms with Crippen LogP contribution in [0.1, 0.15) is 36.0 Å². The number of aromatic nitrogens is 3. The van der Waals surface area contributed by atoms with E-state index in [1.807, 2.05) is 49.6 Å². The molecule has 0 spiro atoms. The second-order valence-corrected chi connectivity index (χ2v) is 9.64. The molecule has 0 aliphatic carbocycles. The molecule has 0 bridgehead atoms. The lowest BCUT2D eigenvalue weighted by Gasteiger charge is -2.17. The van der Waals surface area contributed by atoms with Crippen molar-refractivity contribution < 1.29 is 23.5 Å². The third-order valence-corrected chi connectivity index (χ3v) is 6.89. The monoisotopic (exact) mass is 552 g/mol. The van der Waals surface area contributed by atoms with Crippen molar-refractivity contribution in [2.24, 2.45) is 0 Å². The molecule has 204 valence electrons. The fourth-order valence-corrected chi connectivity index (χ4v) is 5.07. The van der Waals surface area contributed by atoms with Crippen LogP contribution in [0, 0.1) is 22.9 Å². The molecule has 4 rings (SSSR count). The summed E-state index contributed by atoms with van der Waals surface area (Å²) in [5.41, 5.74) is 2.31. The predicted molar refractivity (Wildman–Crippen MR) is 146 cm³/mol. The first-order valence-corrected chi connectivity index (χ1v) is 13.3. The van der Waals surface area contributed by atoms with E-state index in [2.05, 4.69) is 10.2 Å². The van der Waals surface area contributed by atoms with Crippen LogP contribution in [0.15, 0.2) is 71.9 Å². The molecule has 0 aliphatic heterocycles. The van der Waals surface area contributed by atoms with Crippen molar-refractivity contribution in [2.45, 2.75) is 37.8 Å². The first-order chi connectivity index (χ1) is 18.9. The van der Waals surface area contributed by atoms with Crippen LogP contribution in [0.5, 0.6) is 17.2 Å². The smallest absolute Gasteiger partial charge is 0.220 e. The minimum absolute atomic E-state index is 0.219. The van der Waals surface area contributed by atoms with Crippen LogP contribution in [-0.2, 0) is 6.61 Å². The van der Waals surface area contributed by atoms with Gasteiger partial charge in [-0.2, -0.15) is 0 Å². The lowest BCUT2D eigenvalue weighted by Crippen LogP contribution is -2.12. The second-order valence-electron chi connectivity index (χ2n) is 8.47. The highest BCUT2D eigenvalue weighted by Crippen LogP contribution is 2.40. The number of ether oxygens (including phenoxy) is 3. The fourth-order valence-electron chi connectivity index (χ4n) is 3.90. The molecule has 1 heterocycles. The fraction of sp³-hybridized carbons (Fsp3) is 0.286. The molecule has 0 aliphatic rings. The molecule has 0 radical (unpaired) electrons. The molecule has 11 heteroatoms. The zero-order chi connectivity index (χ0) is 27.8. The van der Waals surface area contributed by atoms with Crippen molar-refractivity contribution in [1.82, 2.24) is 14.8 Å². The molecular formula is C28H29FN4O5S. The summed E-state index contributed by atoms with van der Waals surface area (Å²) in [5.74, 6) is 2.04. The lowest BCUT2D eigenvalue weighted by molar-refractivity contribution is -0.479.